The van der Waals surface area contributed by atoms with Gasteiger partial charge in [-0.1, -0.05) is 44.2 Å². The van der Waals surface area contributed by atoms with Crippen molar-refractivity contribution < 1.29 is 4.79 Å². The summed E-state index contributed by atoms with van der Waals surface area (Å²) in [5, 5.41) is 6.15. The normalized spacial score (nSPS) is 16.4. The SMILES string of the molecule is Cn1cc2c(n1)-c1c(c3cc4c(cc3n1C)C(C)(C)CN4CC(=O)c1ccccc1)CCC2. The fourth-order valence-electron chi connectivity index (χ4n) is 5.96. The molecule has 0 spiro atoms. The van der Waals surface area contributed by atoms with E-state index in [1.807, 2.05) is 42.1 Å². The van der Waals surface area contributed by atoms with Crippen LogP contribution in [-0.4, -0.2) is 33.2 Å². The van der Waals surface area contributed by atoms with Crippen molar-refractivity contribution >= 4 is 22.4 Å². The number of aryl methyl sites for hydroxylation is 4. The van der Waals surface area contributed by atoms with Crippen LogP contribution in [0.2, 0.25) is 0 Å². The molecule has 6 rings (SSSR count). The maximum atomic E-state index is 13.1. The molecule has 5 heteroatoms. The Morgan fingerprint density at radius 2 is 1.88 bits per heavy atom. The van der Waals surface area contributed by atoms with Crippen molar-refractivity contribution in [2.75, 3.05) is 18.0 Å². The Balaban J connectivity index is 1.50. The molecule has 5 nitrogen and oxygen atoms in total. The van der Waals surface area contributed by atoms with Crippen LogP contribution in [-0.2, 0) is 32.4 Å². The number of nitrogens with zero attached hydrogens (tertiary/aromatic N) is 4. The number of rotatable bonds is 3. The summed E-state index contributed by atoms with van der Waals surface area (Å²) < 4.78 is 4.29. The van der Waals surface area contributed by atoms with E-state index in [1.165, 1.54) is 39.0 Å². The molecule has 1 aliphatic carbocycles. The minimum Gasteiger partial charge on any atom is -0.363 e. The molecule has 3 heterocycles. The molecule has 2 aromatic carbocycles. The summed E-state index contributed by atoms with van der Waals surface area (Å²) in [5.41, 5.74) is 9.67. The first kappa shape index (κ1) is 20.3. The van der Waals surface area contributed by atoms with Gasteiger partial charge in [-0.05, 0) is 48.1 Å². The highest BCUT2D eigenvalue weighted by atomic mass is 16.1. The highest BCUT2D eigenvalue weighted by Gasteiger charge is 2.37. The van der Waals surface area contributed by atoms with E-state index in [1.54, 1.807) is 0 Å². The topological polar surface area (TPSA) is 43.1 Å². The molecule has 0 atom stereocenters. The van der Waals surface area contributed by atoms with E-state index >= 15 is 0 Å². The predicted molar refractivity (Wildman–Crippen MR) is 133 cm³/mol. The maximum absolute atomic E-state index is 13.1. The number of benzene rings is 2. The lowest BCUT2D eigenvalue weighted by Gasteiger charge is -2.21. The second-order valence-electron chi connectivity index (χ2n) is 10.3. The van der Waals surface area contributed by atoms with Crippen LogP contribution in [0.25, 0.3) is 22.3 Å². The first-order valence-electron chi connectivity index (χ1n) is 11.9. The number of hydrogen-bond acceptors (Lipinski definition) is 3. The molecule has 0 amide bonds. The van der Waals surface area contributed by atoms with Crippen LogP contribution in [0.1, 0.15) is 47.3 Å². The number of carbonyl (C=O) groups excluding carboxylic acids is 1. The molecule has 0 radical (unpaired) electrons. The lowest BCUT2D eigenvalue weighted by atomic mass is 9.86. The molecule has 0 fully saturated rings. The molecular formula is C28H30N4O. The second-order valence-corrected chi connectivity index (χ2v) is 10.3. The van der Waals surface area contributed by atoms with Crippen molar-refractivity contribution in [1.29, 1.82) is 0 Å². The van der Waals surface area contributed by atoms with E-state index in [0.717, 1.165) is 37.1 Å². The van der Waals surface area contributed by atoms with Crippen molar-refractivity contribution in [1.82, 2.24) is 14.3 Å². The van der Waals surface area contributed by atoms with Crippen LogP contribution in [0, 0.1) is 0 Å². The molecule has 2 aromatic heterocycles. The van der Waals surface area contributed by atoms with Gasteiger partial charge in [0, 0.05) is 54.4 Å². The van der Waals surface area contributed by atoms with Crippen LogP contribution in [0.15, 0.2) is 48.7 Å². The molecule has 33 heavy (non-hydrogen) atoms. The molecule has 168 valence electrons. The largest absolute Gasteiger partial charge is 0.363 e. The Labute approximate surface area is 194 Å². The van der Waals surface area contributed by atoms with E-state index in [4.69, 9.17) is 5.10 Å². The number of Topliss-reactive ketones (excluding diaryl/α,β-unsaturated/α-hetero) is 1. The van der Waals surface area contributed by atoms with Gasteiger partial charge in [0.05, 0.1) is 12.2 Å². The zero-order chi connectivity index (χ0) is 22.9. The summed E-state index contributed by atoms with van der Waals surface area (Å²) >= 11 is 0. The van der Waals surface area contributed by atoms with Crippen LogP contribution >= 0.6 is 0 Å². The van der Waals surface area contributed by atoms with Crippen molar-refractivity contribution in [3.8, 4) is 11.4 Å². The van der Waals surface area contributed by atoms with Crippen molar-refractivity contribution in [2.45, 2.75) is 38.5 Å². The van der Waals surface area contributed by atoms with Gasteiger partial charge >= 0.3 is 0 Å². The van der Waals surface area contributed by atoms with Crippen LogP contribution in [0.3, 0.4) is 0 Å². The molecule has 0 N–H and O–H groups in total. The Kier molecular flexibility index (Phi) is 4.35. The minimum atomic E-state index is -0.0156. The number of aromatic nitrogens is 3. The summed E-state index contributed by atoms with van der Waals surface area (Å²) in [6.07, 6.45) is 5.42. The van der Waals surface area contributed by atoms with Gasteiger partial charge in [0.2, 0.25) is 0 Å². The molecule has 0 bridgehead atoms. The standard InChI is InChI=1S/C28H30N4O/c1-28(2)17-32(16-25(33)18-9-6-5-7-10-18)24-13-21-20-12-8-11-19-15-30(3)29-26(19)27(20)31(4)23(21)14-22(24)28/h5-7,9-10,13-15H,8,11-12,16-17H2,1-4H3. The molecular weight excluding hydrogens is 408 g/mol. The fraction of sp³-hybridized carbons (Fsp3) is 0.357. The summed E-state index contributed by atoms with van der Waals surface area (Å²) in [5.74, 6) is 0.171. The van der Waals surface area contributed by atoms with Gasteiger partial charge in [0.25, 0.3) is 0 Å². The van der Waals surface area contributed by atoms with Gasteiger partial charge in [0.15, 0.2) is 5.78 Å². The van der Waals surface area contributed by atoms with E-state index in [9.17, 15) is 4.79 Å². The van der Waals surface area contributed by atoms with Crippen LogP contribution in [0.4, 0.5) is 5.69 Å². The fourth-order valence-corrected chi connectivity index (χ4v) is 5.96. The minimum absolute atomic E-state index is 0.0156. The summed E-state index contributed by atoms with van der Waals surface area (Å²) in [6.45, 7) is 5.83. The van der Waals surface area contributed by atoms with Gasteiger partial charge in [-0.25, -0.2) is 0 Å². The van der Waals surface area contributed by atoms with Crippen molar-refractivity contribution in [3.05, 3.63) is 70.9 Å². The number of carbonyl (C=O) groups is 1. The van der Waals surface area contributed by atoms with Gasteiger partial charge in [0.1, 0.15) is 5.69 Å². The van der Waals surface area contributed by atoms with Gasteiger partial charge in [-0.2, -0.15) is 5.10 Å². The Hall–Kier alpha value is -3.34. The van der Waals surface area contributed by atoms with E-state index < -0.39 is 0 Å². The number of anilines is 1. The Morgan fingerprint density at radius 1 is 1.09 bits per heavy atom. The monoisotopic (exact) mass is 438 g/mol. The van der Waals surface area contributed by atoms with E-state index in [-0.39, 0.29) is 11.2 Å². The number of fused-ring (bicyclic) bond motifs is 6. The second kappa shape index (κ2) is 7.08. The van der Waals surface area contributed by atoms with E-state index in [0.29, 0.717) is 6.54 Å². The molecule has 0 unspecified atom stereocenters. The highest BCUT2D eigenvalue weighted by Crippen LogP contribution is 2.46. The molecule has 2 aliphatic rings. The highest BCUT2D eigenvalue weighted by molar-refractivity contribution is 6.01. The van der Waals surface area contributed by atoms with Crippen LogP contribution in [0.5, 0.6) is 0 Å². The van der Waals surface area contributed by atoms with E-state index in [2.05, 4.69) is 48.7 Å². The third-order valence-electron chi connectivity index (χ3n) is 7.51. The maximum Gasteiger partial charge on any atom is 0.182 e. The molecule has 0 saturated carbocycles. The third kappa shape index (κ3) is 3.05. The Bertz CT molecular complexity index is 1410. The third-order valence-corrected chi connectivity index (χ3v) is 7.51. The summed E-state index contributed by atoms with van der Waals surface area (Å²) in [4.78, 5) is 15.3. The van der Waals surface area contributed by atoms with Crippen molar-refractivity contribution in [3.63, 3.8) is 0 Å². The first-order chi connectivity index (χ1) is 15.8. The predicted octanol–water partition coefficient (Wildman–Crippen LogP) is 5.05. The smallest absolute Gasteiger partial charge is 0.182 e. The number of hydrogen-bond donors (Lipinski definition) is 0. The summed E-state index contributed by atoms with van der Waals surface area (Å²) in [7, 11) is 4.19. The molecule has 0 saturated heterocycles. The molecule has 4 aromatic rings. The zero-order valence-electron chi connectivity index (χ0n) is 19.9. The van der Waals surface area contributed by atoms with Gasteiger partial charge < -0.3 is 9.47 Å². The summed E-state index contributed by atoms with van der Waals surface area (Å²) in [6, 6.07) is 14.4. The Morgan fingerprint density at radius 3 is 2.67 bits per heavy atom. The molecule has 1 aliphatic heterocycles. The van der Waals surface area contributed by atoms with Gasteiger partial charge in [-0.3, -0.25) is 9.48 Å². The van der Waals surface area contributed by atoms with Gasteiger partial charge in [-0.15, -0.1) is 0 Å². The first-order valence-corrected chi connectivity index (χ1v) is 11.9. The average Bonchev–Trinajstić information content (AvgIpc) is 3.32. The lowest BCUT2D eigenvalue weighted by Crippen LogP contribution is -2.32. The number of ketones is 1. The average molecular weight is 439 g/mol. The quantitative estimate of drug-likeness (QED) is 0.421. The lowest BCUT2D eigenvalue weighted by molar-refractivity contribution is 0.0999. The zero-order valence-corrected chi connectivity index (χ0v) is 19.9. The van der Waals surface area contributed by atoms with Crippen molar-refractivity contribution in [2.24, 2.45) is 14.1 Å². The van der Waals surface area contributed by atoms with Crippen LogP contribution < -0.4 is 4.90 Å².